The second-order valence-electron chi connectivity index (χ2n) is 6.85. The van der Waals surface area contributed by atoms with Crippen molar-refractivity contribution in [3.8, 4) is 0 Å². The number of non-ortho nitro benzene ring substituents is 1. The molecule has 0 aliphatic heterocycles. The van der Waals surface area contributed by atoms with Gasteiger partial charge >= 0.3 is 0 Å². The number of rotatable bonds is 6. The molecule has 6 heteroatoms. The minimum Gasteiger partial charge on any atom is -0.277 e. The molecule has 0 spiro atoms. The standard InChI is InChI=1S/C20H22N4O2/c1-2-11-22(20-9-7-15-5-3-4-6-18(15)20)14-23-19-10-8-17(24(25)26)12-16(19)13-21-23/h3-6,8,10,12-13,20H,2,7,9,11,14H2,1H3/t20-/m1/s1. The van der Waals surface area contributed by atoms with Crippen LogP contribution in [0.25, 0.3) is 10.9 Å². The summed E-state index contributed by atoms with van der Waals surface area (Å²) in [6.45, 7) is 3.87. The van der Waals surface area contributed by atoms with Crippen LogP contribution in [0.3, 0.4) is 0 Å². The zero-order valence-electron chi connectivity index (χ0n) is 14.8. The summed E-state index contributed by atoms with van der Waals surface area (Å²) in [5.41, 5.74) is 3.91. The maximum atomic E-state index is 11.0. The molecule has 1 aromatic heterocycles. The minimum absolute atomic E-state index is 0.104. The topological polar surface area (TPSA) is 64.2 Å². The van der Waals surface area contributed by atoms with Crippen molar-refractivity contribution >= 4 is 16.6 Å². The third kappa shape index (κ3) is 2.97. The second kappa shape index (κ2) is 6.88. The van der Waals surface area contributed by atoms with Crippen LogP contribution in [0.4, 0.5) is 5.69 Å². The number of hydrogen-bond acceptors (Lipinski definition) is 4. The summed E-state index contributed by atoms with van der Waals surface area (Å²) in [7, 11) is 0. The smallest absolute Gasteiger partial charge is 0.270 e. The summed E-state index contributed by atoms with van der Waals surface area (Å²) < 4.78 is 1.95. The van der Waals surface area contributed by atoms with Crippen LogP contribution >= 0.6 is 0 Å². The fourth-order valence-corrected chi connectivity index (χ4v) is 4.00. The van der Waals surface area contributed by atoms with E-state index in [2.05, 4.69) is 41.2 Å². The molecule has 0 radical (unpaired) electrons. The normalized spacial score (nSPS) is 16.3. The molecule has 1 aliphatic rings. The third-order valence-corrected chi connectivity index (χ3v) is 5.20. The Bertz CT molecular complexity index is 950. The van der Waals surface area contributed by atoms with Crippen molar-refractivity contribution < 1.29 is 4.92 Å². The Kier molecular flexibility index (Phi) is 4.42. The Morgan fingerprint density at radius 1 is 1.31 bits per heavy atom. The van der Waals surface area contributed by atoms with Crippen molar-refractivity contribution in [2.75, 3.05) is 6.54 Å². The van der Waals surface area contributed by atoms with Crippen molar-refractivity contribution in [1.82, 2.24) is 14.7 Å². The lowest BCUT2D eigenvalue weighted by Gasteiger charge is -2.29. The van der Waals surface area contributed by atoms with E-state index in [1.807, 2.05) is 4.68 Å². The predicted octanol–water partition coefficient (Wildman–Crippen LogP) is 4.30. The third-order valence-electron chi connectivity index (χ3n) is 5.20. The van der Waals surface area contributed by atoms with Crippen molar-refractivity contribution in [3.05, 3.63) is 69.9 Å². The molecule has 1 atom stereocenters. The molecule has 1 heterocycles. The molecule has 0 bridgehead atoms. The number of fused-ring (bicyclic) bond motifs is 2. The first-order chi connectivity index (χ1) is 12.7. The molecule has 1 aliphatic carbocycles. The van der Waals surface area contributed by atoms with Crippen LogP contribution in [0.5, 0.6) is 0 Å². The highest BCUT2D eigenvalue weighted by Gasteiger charge is 2.27. The Balaban J connectivity index is 1.63. The molecule has 0 amide bonds. The minimum atomic E-state index is -0.365. The van der Waals surface area contributed by atoms with Gasteiger partial charge in [0, 0.05) is 30.1 Å². The molecule has 4 rings (SSSR count). The first kappa shape index (κ1) is 16.7. The molecule has 6 nitrogen and oxygen atoms in total. The average molecular weight is 350 g/mol. The monoisotopic (exact) mass is 350 g/mol. The molecule has 2 aromatic carbocycles. The van der Waals surface area contributed by atoms with E-state index >= 15 is 0 Å². The Hall–Kier alpha value is -2.73. The molecule has 26 heavy (non-hydrogen) atoms. The summed E-state index contributed by atoms with van der Waals surface area (Å²) in [5.74, 6) is 0. The van der Waals surface area contributed by atoms with E-state index in [4.69, 9.17) is 0 Å². The summed E-state index contributed by atoms with van der Waals surface area (Å²) in [6, 6.07) is 14.0. The van der Waals surface area contributed by atoms with Crippen LogP contribution in [0.1, 0.15) is 36.9 Å². The quantitative estimate of drug-likeness (QED) is 0.491. The van der Waals surface area contributed by atoms with Crippen molar-refractivity contribution in [3.63, 3.8) is 0 Å². The number of nitro benzene ring substituents is 1. The number of hydrogen-bond donors (Lipinski definition) is 0. The van der Waals surface area contributed by atoms with Gasteiger partial charge in [0.1, 0.15) is 0 Å². The number of nitrogens with zero attached hydrogens (tertiary/aromatic N) is 4. The van der Waals surface area contributed by atoms with Crippen LogP contribution in [-0.2, 0) is 13.1 Å². The Labute approximate surface area is 152 Å². The first-order valence-electron chi connectivity index (χ1n) is 9.09. The summed E-state index contributed by atoms with van der Waals surface area (Å²) in [5, 5.41) is 16.3. The largest absolute Gasteiger partial charge is 0.277 e. The maximum absolute atomic E-state index is 11.0. The van der Waals surface area contributed by atoms with Gasteiger partial charge in [0.2, 0.25) is 0 Å². The van der Waals surface area contributed by atoms with Gasteiger partial charge < -0.3 is 0 Å². The highest BCUT2D eigenvalue weighted by Crippen LogP contribution is 2.36. The summed E-state index contributed by atoms with van der Waals surface area (Å²) in [4.78, 5) is 13.1. The summed E-state index contributed by atoms with van der Waals surface area (Å²) in [6.07, 6.45) is 5.04. The van der Waals surface area contributed by atoms with E-state index in [1.54, 1.807) is 24.4 Å². The Morgan fingerprint density at radius 3 is 2.96 bits per heavy atom. The SMILES string of the molecule is CCCN(Cn1ncc2cc([N+](=O)[O-])ccc21)[C@@H]1CCc2ccccc21. The van der Waals surface area contributed by atoms with Crippen molar-refractivity contribution in [2.45, 2.75) is 38.9 Å². The zero-order valence-corrected chi connectivity index (χ0v) is 14.8. The van der Waals surface area contributed by atoms with E-state index in [-0.39, 0.29) is 10.6 Å². The molecule has 0 saturated heterocycles. The van der Waals surface area contributed by atoms with Crippen LogP contribution in [0.15, 0.2) is 48.7 Å². The fraction of sp³-hybridized carbons (Fsp3) is 0.350. The molecule has 0 saturated carbocycles. The van der Waals surface area contributed by atoms with E-state index in [9.17, 15) is 10.1 Å². The van der Waals surface area contributed by atoms with Gasteiger partial charge in [-0.3, -0.25) is 19.7 Å². The van der Waals surface area contributed by atoms with Crippen LogP contribution < -0.4 is 0 Å². The van der Waals surface area contributed by atoms with Crippen LogP contribution in [0, 0.1) is 10.1 Å². The lowest BCUT2D eigenvalue weighted by Crippen LogP contribution is -2.31. The molecule has 134 valence electrons. The number of aromatic nitrogens is 2. The average Bonchev–Trinajstić information content (AvgIpc) is 3.25. The molecular formula is C20H22N4O2. The number of nitro groups is 1. The summed E-state index contributed by atoms with van der Waals surface area (Å²) >= 11 is 0. The lowest BCUT2D eigenvalue weighted by atomic mass is 10.1. The van der Waals surface area contributed by atoms with Crippen molar-refractivity contribution in [1.29, 1.82) is 0 Å². The Morgan fingerprint density at radius 2 is 2.15 bits per heavy atom. The molecule has 0 fully saturated rings. The zero-order chi connectivity index (χ0) is 18.1. The second-order valence-corrected chi connectivity index (χ2v) is 6.85. The lowest BCUT2D eigenvalue weighted by molar-refractivity contribution is -0.384. The van der Waals surface area contributed by atoms with Gasteiger partial charge in [0.05, 0.1) is 23.3 Å². The van der Waals surface area contributed by atoms with Gasteiger partial charge in [-0.05, 0) is 36.5 Å². The van der Waals surface area contributed by atoms with Crippen molar-refractivity contribution in [2.24, 2.45) is 0 Å². The van der Waals surface area contributed by atoms with Gasteiger partial charge in [-0.25, -0.2) is 0 Å². The fourth-order valence-electron chi connectivity index (χ4n) is 4.00. The van der Waals surface area contributed by atoms with E-state index < -0.39 is 0 Å². The number of aryl methyl sites for hydroxylation is 1. The van der Waals surface area contributed by atoms with Gasteiger partial charge in [-0.1, -0.05) is 31.2 Å². The highest BCUT2D eigenvalue weighted by atomic mass is 16.6. The molecule has 0 N–H and O–H groups in total. The van der Waals surface area contributed by atoms with Gasteiger partial charge in [0.15, 0.2) is 0 Å². The van der Waals surface area contributed by atoms with E-state index in [1.165, 1.54) is 11.1 Å². The number of benzene rings is 2. The first-order valence-corrected chi connectivity index (χ1v) is 9.09. The van der Waals surface area contributed by atoms with Gasteiger partial charge in [-0.15, -0.1) is 0 Å². The van der Waals surface area contributed by atoms with Gasteiger partial charge in [-0.2, -0.15) is 5.10 Å². The predicted molar refractivity (Wildman–Crippen MR) is 101 cm³/mol. The maximum Gasteiger partial charge on any atom is 0.270 e. The van der Waals surface area contributed by atoms with Gasteiger partial charge in [0.25, 0.3) is 5.69 Å². The van der Waals surface area contributed by atoms with E-state index in [0.717, 1.165) is 36.7 Å². The van der Waals surface area contributed by atoms with E-state index in [0.29, 0.717) is 12.7 Å². The molecule has 3 aromatic rings. The molecular weight excluding hydrogens is 328 g/mol. The van der Waals surface area contributed by atoms with Crippen LogP contribution in [-0.4, -0.2) is 26.1 Å². The molecule has 0 unspecified atom stereocenters. The highest BCUT2D eigenvalue weighted by molar-refractivity contribution is 5.81. The van der Waals surface area contributed by atoms with Crippen LogP contribution in [0.2, 0.25) is 0 Å².